The van der Waals surface area contributed by atoms with Crippen LogP contribution in [0.15, 0.2) is 29.2 Å². The summed E-state index contributed by atoms with van der Waals surface area (Å²) in [5.74, 6) is -1.21. The normalized spacial score (nSPS) is 20.5. The number of methoxy groups -OCH3 is 1. The Labute approximate surface area is 128 Å². The van der Waals surface area contributed by atoms with Crippen LogP contribution in [0.25, 0.3) is 0 Å². The van der Waals surface area contributed by atoms with Gasteiger partial charge in [0, 0.05) is 0 Å². The van der Waals surface area contributed by atoms with Gasteiger partial charge in [-0.25, -0.2) is 16.8 Å². The van der Waals surface area contributed by atoms with Crippen molar-refractivity contribution in [1.29, 1.82) is 0 Å². The molecule has 1 amide bonds. The molecule has 1 aromatic carbocycles. The molecule has 1 aliphatic heterocycles. The smallest absolute Gasteiger partial charge is 0.257 e. The second-order valence-electron chi connectivity index (χ2n) is 4.87. The molecule has 0 unspecified atom stereocenters. The zero-order chi connectivity index (χ0) is 16.4. The van der Waals surface area contributed by atoms with E-state index >= 15 is 0 Å². The van der Waals surface area contributed by atoms with Gasteiger partial charge in [-0.05, 0) is 30.7 Å². The first-order chi connectivity index (χ1) is 10.2. The lowest BCUT2D eigenvalue weighted by Gasteiger charge is -2.11. The predicted octanol–water partition coefficient (Wildman–Crippen LogP) is -0.561. The van der Waals surface area contributed by atoms with Gasteiger partial charge in [-0.2, -0.15) is 0 Å². The van der Waals surface area contributed by atoms with Gasteiger partial charge in [0.1, 0.15) is 5.75 Å². The van der Waals surface area contributed by atoms with Gasteiger partial charge in [0.2, 0.25) is 5.91 Å². The van der Waals surface area contributed by atoms with Gasteiger partial charge in [0.15, 0.2) is 9.84 Å². The quantitative estimate of drug-likeness (QED) is 0.689. The predicted molar refractivity (Wildman–Crippen MR) is 78.2 cm³/mol. The number of hydrogen-bond acceptors (Lipinski definition) is 6. The first kappa shape index (κ1) is 16.7. The van der Waals surface area contributed by atoms with Crippen molar-refractivity contribution in [2.24, 2.45) is 5.92 Å². The third-order valence-corrected chi connectivity index (χ3v) is 6.31. The average Bonchev–Trinajstić information content (AvgIpc) is 2.85. The highest BCUT2D eigenvalue weighted by Gasteiger charge is 2.33. The standard InChI is InChI=1S/C12H16N2O6S2/c1-20-10-2-4-11(5-3-10)22(18,19)14-13-12(15)9-6-7-21(16,17)8-9/h2-5,9,14H,6-8H2,1H3,(H,13,15)/t9-/m0/s1. The van der Waals surface area contributed by atoms with Crippen molar-refractivity contribution in [1.82, 2.24) is 10.3 Å². The van der Waals surface area contributed by atoms with Crippen molar-refractivity contribution in [3.05, 3.63) is 24.3 Å². The first-order valence-electron chi connectivity index (χ1n) is 6.40. The molecule has 0 saturated carbocycles. The SMILES string of the molecule is COc1ccc(S(=O)(=O)NNC(=O)[C@H]2CCS(=O)(=O)C2)cc1. The Hall–Kier alpha value is -1.65. The fraction of sp³-hybridized carbons (Fsp3) is 0.417. The van der Waals surface area contributed by atoms with Crippen molar-refractivity contribution in [2.75, 3.05) is 18.6 Å². The summed E-state index contributed by atoms with van der Waals surface area (Å²) in [4.78, 5) is 13.7. The third-order valence-electron chi connectivity index (χ3n) is 3.28. The third kappa shape index (κ3) is 3.96. The summed E-state index contributed by atoms with van der Waals surface area (Å²) in [6, 6.07) is 5.60. The Morgan fingerprint density at radius 1 is 1.27 bits per heavy atom. The molecule has 0 aliphatic carbocycles. The van der Waals surface area contributed by atoms with Crippen LogP contribution in [0.3, 0.4) is 0 Å². The number of nitrogens with one attached hydrogen (secondary N) is 2. The van der Waals surface area contributed by atoms with Gasteiger partial charge in [-0.1, -0.05) is 0 Å². The van der Waals surface area contributed by atoms with Crippen LogP contribution < -0.4 is 15.0 Å². The van der Waals surface area contributed by atoms with Gasteiger partial charge in [0.05, 0.1) is 29.4 Å². The van der Waals surface area contributed by atoms with E-state index in [1.165, 1.54) is 31.4 Å². The van der Waals surface area contributed by atoms with E-state index in [0.29, 0.717) is 5.75 Å². The van der Waals surface area contributed by atoms with E-state index in [1.807, 2.05) is 4.83 Å². The number of carbonyl (C=O) groups excluding carboxylic acids is 1. The van der Waals surface area contributed by atoms with Crippen LogP contribution >= 0.6 is 0 Å². The van der Waals surface area contributed by atoms with Crippen LogP contribution in [-0.2, 0) is 24.7 Å². The topological polar surface area (TPSA) is 119 Å². The largest absolute Gasteiger partial charge is 0.497 e. The van der Waals surface area contributed by atoms with Crippen LogP contribution in [0.4, 0.5) is 0 Å². The molecule has 1 heterocycles. The molecule has 8 nitrogen and oxygen atoms in total. The van der Waals surface area contributed by atoms with E-state index < -0.39 is 31.7 Å². The van der Waals surface area contributed by atoms with Crippen molar-refractivity contribution in [3.63, 3.8) is 0 Å². The summed E-state index contributed by atoms with van der Waals surface area (Å²) in [5, 5.41) is 0. The highest BCUT2D eigenvalue weighted by molar-refractivity contribution is 7.91. The fourth-order valence-corrected chi connectivity index (χ4v) is 4.62. The lowest BCUT2D eigenvalue weighted by atomic mass is 10.1. The number of sulfone groups is 1. The molecule has 1 atom stereocenters. The molecule has 0 bridgehead atoms. The van der Waals surface area contributed by atoms with E-state index in [0.717, 1.165) is 0 Å². The lowest BCUT2D eigenvalue weighted by Crippen LogP contribution is -2.44. The van der Waals surface area contributed by atoms with Crippen LogP contribution in [-0.4, -0.2) is 41.4 Å². The molecule has 22 heavy (non-hydrogen) atoms. The monoisotopic (exact) mass is 348 g/mol. The molecule has 2 rings (SSSR count). The van der Waals surface area contributed by atoms with Gasteiger partial charge in [0.25, 0.3) is 10.0 Å². The van der Waals surface area contributed by atoms with Crippen molar-refractivity contribution in [3.8, 4) is 5.75 Å². The van der Waals surface area contributed by atoms with Crippen molar-refractivity contribution in [2.45, 2.75) is 11.3 Å². The molecule has 0 radical (unpaired) electrons. The molecule has 0 spiro atoms. The average molecular weight is 348 g/mol. The summed E-state index contributed by atoms with van der Waals surface area (Å²) in [5.41, 5.74) is 2.06. The second-order valence-corrected chi connectivity index (χ2v) is 8.78. The first-order valence-corrected chi connectivity index (χ1v) is 9.70. The molecule has 1 fully saturated rings. The Morgan fingerprint density at radius 3 is 2.41 bits per heavy atom. The number of carbonyl (C=O) groups is 1. The maximum Gasteiger partial charge on any atom is 0.257 e. The molecule has 10 heteroatoms. The van der Waals surface area contributed by atoms with E-state index in [-0.39, 0.29) is 22.8 Å². The minimum Gasteiger partial charge on any atom is -0.497 e. The minimum absolute atomic E-state index is 0.0485. The Morgan fingerprint density at radius 2 is 1.91 bits per heavy atom. The zero-order valence-electron chi connectivity index (χ0n) is 11.8. The molecule has 1 aliphatic rings. The number of benzene rings is 1. The zero-order valence-corrected chi connectivity index (χ0v) is 13.4. The highest BCUT2D eigenvalue weighted by Crippen LogP contribution is 2.18. The molecule has 1 aromatic rings. The van der Waals surface area contributed by atoms with Gasteiger partial charge >= 0.3 is 0 Å². The van der Waals surface area contributed by atoms with E-state index in [1.54, 1.807) is 0 Å². The van der Waals surface area contributed by atoms with Crippen LogP contribution in [0.5, 0.6) is 5.75 Å². The van der Waals surface area contributed by atoms with E-state index in [9.17, 15) is 21.6 Å². The molecule has 1 saturated heterocycles. The second kappa shape index (κ2) is 6.23. The summed E-state index contributed by atoms with van der Waals surface area (Å²) in [6.45, 7) is 0. The minimum atomic E-state index is -3.93. The van der Waals surface area contributed by atoms with Crippen molar-refractivity contribution >= 4 is 25.8 Å². The van der Waals surface area contributed by atoms with Crippen LogP contribution in [0.2, 0.25) is 0 Å². The number of hydrogen-bond donors (Lipinski definition) is 2. The summed E-state index contributed by atoms with van der Waals surface area (Å²) < 4.78 is 51.5. The lowest BCUT2D eigenvalue weighted by molar-refractivity contribution is -0.124. The molecular formula is C12H16N2O6S2. The maximum atomic E-state index is 12.0. The van der Waals surface area contributed by atoms with E-state index in [2.05, 4.69) is 5.43 Å². The van der Waals surface area contributed by atoms with Gasteiger partial charge in [-0.3, -0.25) is 10.2 Å². The Kier molecular flexibility index (Phi) is 4.73. The number of amides is 1. The molecule has 2 N–H and O–H groups in total. The summed E-state index contributed by atoms with van der Waals surface area (Å²) in [7, 11) is -5.68. The number of hydrazine groups is 1. The Bertz CT molecular complexity index is 755. The summed E-state index contributed by atoms with van der Waals surface area (Å²) in [6.07, 6.45) is 0.193. The molecule has 0 aromatic heterocycles. The highest BCUT2D eigenvalue weighted by atomic mass is 32.2. The Balaban J connectivity index is 1.99. The number of sulfonamides is 1. The van der Waals surface area contributed by atoms with Gasteiger partial charge in [-0.15, -0.1) is 4.83 Å². The fourth-order valence-electron chi connectivity index (χ4n) is 2.04. The van der Waals surface area contributed by atoms with Crippen LogP contribution in [0, 0.1) is 5.92 Å². The summed E-state index contributed by atoms with van der Waals surface area (Å²) >= 11 is 0. The van der Waals surface area contributed by atoms with Crippen LogP contribution in [0.1, 0.15) is 6.42 Å². The van der Waals surface area contributed by atoms with Gasteiger partial charge < -0.3 is 4.74 Å². The molecular weight excluding hydrogens is 332 g/mol. The maximum absolute atomic E-state index is 12.0. The number of rotatable bonds is 5. The number of ether oxygens (including phenoxy) is 1. The van der Waals surface area contributed by atoms with E-state index in [4.69, 9.17) is 4.74 Å². The molecule has 122 valence electrons. The van der Waals surface area contributed by atoms with Crippen molar-refractivity contribution < 1.29 is 26.4 Å².